The lowest BCUT2D eigenvalue weighted by atomic mass is 9.80. The van der Waals surface area contributed by atoms with Crippen LogP contribution in [-0.4, -0.2) is 70.2 Å². The highest BCUT2D eigenvalue weighted by Gasteiger charge is 2.46. The third-order valence-electron chi connectivity index (χ3n) is 7.17. The van der Waals surface area contributed by atoms with Gasteiger partial charge in [-0.25, -0.2) is 22.9 Å². The topological polar surface area (TPSA) is 70.6 Å². The Morgan fingerprint density at radius 1 is 1.23 bits per heavy atom. The molecule has 3 aromatic rings. The fraction of sp³-hybridized carbons (Fsp3) is 0.423. The number of hydrogen-bond donors (Lipinski definition) is 1. The van der Waals surface area contributed by atoms with Crippen molar-refractivity contribution in [2.75, 3.05) is 38.0 Å². The van der Waals surface area contributed by atoms with Gasteiger partial charge in [-0.2, -0.15) is 17.5 Å². The Hall–Kier alpha value is -3.39. The zero-order chi connectivity index (χ0) is 28.7. The summed E-state index contributed by atoms with van der Waals surface area (Å²) in [5.41, 5.74) is -0.0741. The summed E-state index contributed by atoms with van der Waals surface area (Å²) in [4.78, 5) is 20.3. The quantitative estimate of drug-likeness (QED) is 0.357. The second kappa shape index (κ2) is 10.9. The number of hydrogen-bond acceptors (Lipinski definition) is 6. The zero-order valence-electron chi connectivity index (χ0n) is 21.2. The molecule has 0 unspecified atom stereocenters. The Morgan fingerprint density at radius 3 is 2.65 bits per heavy atom. The van der Waals surface area contributed by atoms with Gasteiger partial charge in [-0.1, -0.05) is 12.1 Å². The highest BCUT2D eigenvalue weighted by Crippen LogP contribution is 2.42. The molecule has 0 aliphatic carbocycles. The van der Waals surface area contributed by atoms with E-state index < -0.39 is 36.7 Å². The molecule has 214 valence electrons. The summed E-state index contributed by atoms with van der Waals surface area (Å²) in [5.74, 6) is -0.315. The standard InChI is InChI=1S/C26H25F6N5O2S/c1-15-2-4-17(9-19(15)27)25(23-33-14-34-40-23)6-7-37(12-25)24(38)35-20-8-16(22(28)29)3-5-21(20)39-18-10-36(11-18)13-26(30,31)32/h2-5,8-9,14,18,22H,6-7,10-13H2,1H3,(H,35,38)/t25-/m0/s1. The normalized spacial score (nSPS) is 20.1. The number of aryl methyl sites for hydroxylation is 1. The number of urea groups is 1. The molecule has 2 aliphatic heterocycles. The van der Waals surface area contributed by atoms with Gasteiger partial charge in [-0.15, -0.1) is 0 Å². The molecule has 0 saturated carbocycles. The number of aromatic nitrogens is 2. The molecule has 0 radical (unpaired) electrons. The van der Waals surface area contributed by atoms with E-state index in [2.05, 4.69) is 14.7 Å². The van der Waals surface area contributed by atoms with E-state index in [1.165, 1.54) is 23.4 Å². The van der Waals surface area contributed by atoms with Gasteiger partial charge in [-0.3, -0.25) is 4.90 Å². The smallest absolute Gasteiger partial charge is 0.401 e. The molecule has 0 spiro atoms. The summed E-state index contributed by atoms with van der Waals surface area (Å²) in [6.45, 7) is 0.990. The van der Waals surface area contributed by atoms with Crippen LogP contribution in [0.1, 0.15) is 34.5 Å². The molecule has 2 aromatic carbocycles. The van der Waals surface area contributed by atoms with Gasteiger partial charge in [0.05, 0.1) is 17.6 Å². The van der Waals surface area contributed by atoms with Gasteiger partial charge in [0.25, 0.3) is 6.43 Å². The number of ether oxygens (including phenoxy) is 1. The van der Waals surface area contributed by atoms with Gasteiger partial charge in [0.15, 0.2) is 0 Å². The van der Waals surface area contributed by atoms with Crippen molar-refractivity contribution in [2.45, 2.75) is 37.5 Å². The number of likely N-dealkylation sites (tertiary alicyclic amines) is 2. The lowest BCUT2D eigenvalue weighted by Crippen LogP contribution is -2.56. The number of nitrogens with one attached hydrogen (secondary N) is 1. The average Bonchev–Trinajstić information content (AvgIpc) is 3.56. The predicted octanol–water partition coefficient (Wildman–Crippen LogP) is 5.77. The maximum absolute atomic E-state index is 14.5. The first kappa shape index (κ1) is 28.1. The molecule has 2 saturated heterocycles. The van der Waals surface area contributed by atoms with Gasteiger partial charge < -0.3 is 15.0 Å². The minimum Gasteiger partial charge on any atom is -0.486 e. The van der Waals surface area contributed by atoms with E-state index in [1.54, 1.807) is 19.1 Å². The SMILES string of the molecule is Cc1ccc([C@]2(c3ncns3)CCN(C(=O)Nc3cc(C(F)F)ccc3OC3CN(CC(F)(F)F)C3)C2)cc1F. The van der Waals surface area contributed by atoms with E-state index in [9.17, 15) is 31.1 Å². The number of amides is 2. The first-order valence-corrected chi connectivity index (χ1v) is 13.2. The second-order valence-electron chi connectivity index (χ2n) is 10.00. The van der Waals surface area contributed by atoms with Crippen molar-refractivity contribution in [1.82, 2.24) is 19.2 Å². The summed E-state index contributed by atoms with van der Waals surface area (Å²) >= 11 is 1.15. The van der Waals surface area contributed by atoms with Crippen molar-refractivity contribution in [3.8, 4) is 5.75 Å². The van der Waals surface area contributed by atoms with Gasteiger partial charge >= 0.3 is 12.2 Å². The van der Waals surface area contributed by atoms with Crippen LogP contribution in [0.4, 0.5) is 36.8 Å². The largest absolute Gasteiger partial charge is 0.486 e. The lowest BCUT2D eigenvalue weighted by molar-refractivity contribution is -0.162. The van der Waals surface area contributed by atoms with E-state index in [-0.39, 0.29) is 49.0 Å². The third kappa shape index (κ3) is 5.87. The number of halogens is 6. The Morgan fingerprint density at radius 2 is 2.00 bits per heavy atom. The number of carbonyl (C=O) groups excluding carboxylic acids is 1. The van der Waals surface area contributed by atoms with Crippen LogP contribution in [-0.2, 0) is 5.41 Å². The van der Waals surface area contributed by atoms with Crippen LogP contribution in [0.25, 0.3) is 0 Å². The molecule has 3 heterocycles. The van der Waals surface area contributed by atoms with Crippen LogP contribution in [0.3, 0.4) is 0 Å². The number of rotatable bonds is 7. The van der Waals surface area contributed by atoms with E-state index >= 15 is 0 Å². The number of alkyl halides is 5. The van der Waals surface area contributed by atoms with Gasteiger partial charge in [0, 0.05) is 31.7 Å². The minimum absolute atomic E-state index is 0.00704. The molecule has 1 aromatic heterocycles. The fourth-order valence-corrected chi connectivity index (χ4v) is 5.78. The van der Waals surface area contributed by atoms with E-state index in [1.807, 2.05) is 0 Å². The molecule has 7 nitrogen and oxygen atoms in total. The lowest BCUT2D eigenvalue weighted by Gasteiger charge is -2.39. The summed E-state index contributed by atoms with van der Waals surface area (Å²) in [6, 6.07) is 7.79. The molecule has 5 rings (SSSR count). The monoisotopic (exact) mass is 585 g/mol. The maximum atomic E-state index is 14.5. The molecular weight excluding hydrogens is 560 g/mol. The van der Waals surface area contributed by atoms with Gasteiger partial charge in [0.1, 0.15) is 29.0 Å². The van der Waals surface area contributed by atoms with Gasteiger partial charge in [0.2, 0.25) is 0 Å². The van der Waals surface area contributed by atoms with Crippen LogP contribution in [0.15, 0.2) is 42.7 Å². The van der Waals surface area contributed by atoms with Crippen LogP contribution in [0.2, 0.25) is 0 Å². The Balaban J connectivity index is 1.34. The highest BCUT2D eigenvalue weighted by atomic mass is 32.1. The Bertz CT molecular complexity index is 1370. The number of benzene rings is 2. The maximum Gasteiger partial charge on any atom is 0.401 e. The fourth-order valence-electron chi connectivity index (χ4n) is 5.03. The first-order valence-electron chi connectivity index (χ1n) is 12.4. The van der Waals surface area contributed by atoms with Crippen molar-refractivity contribution >= 4 is 23.3 Å². The molecule has 2 amide bonds. The van der Waals surface area contributed by atoms with Crippen LogP contribution < -0.4 is 10.1 Å². The predicted molar refractivity (Wildman–Crippen MR) is 135 cm³/mol. The second-order valence-corrected chi connectivity index (χ2v) is 10.8. The van der Waals surface area contributed by atoms with E-state index in [0.29, 0.717) is 22.6 Å². The molecule has 2 aliphatic rings. The Kier molecular flexibility index (Phi) is 7.66. The average molecular weight is 586 g/mol. The summed E-state index contributed by atoms with van der Waals surface area (Å²) in [6.07, 6.45) is -5.93. The third-order valence-corrected chi connectivity index (χ3v) is 8.04. The number of nitrogens with zero attached hydrogens (tertiary/aromatic N) is 4. The van der Waals surface area contributed by atoms with Crippen molar-refractivity contribution in [2.24, 2.45) is 0 Å². The van der Waals surface area contributed by atoms with Gasteiger partial charge in [-0.05, 0) is 60.3 Å². The van der Waals surface area contributed by atoms with E-state index in [4.69, 9.17) is 4.74 Å². The summed E-state index contributed by atoms with van der Waals surface area (Å²) < 4.78 is 89.1. The molecule has 40 heavy (non-hydrogen) atoms. The number of carbonyl (C=O) groups is 1. The molecule has 1 N–H and O–H groups in total. The van der Waals surface area contributed by atoms with Crippen molar-refractivity contribution in [1.29, 1.82) is 0 Å². The summed E-state index contributed by atoms with van der Waals surface area (Å²) in [7, 11) is 0. The summed E-state index contributed by atoms with van der Waals surface area (Å²) in [5, 5.41) is 3.25. The minimum atomic E-state index is -4.34. The molecule has 0 bridgehead atoms. The van der Waals surface area contributed by atoms with Crippen LogP contribution >= 0.6 is 11.5 Å². The van der Waals surface area contributed by atoms with Crippen LogP contribution in [0.5, 0.6) is 5.75 Å². The Labute approximate surface area is 229 Å². The zero-order valence-corrected chi connectivity index (χ0v) is 22.0. The molecule has 14 heteroatoms. The van der Waals surface area contributed by atoms with Crippen molar-refractivity contribution < 1.29 is 35.9 Å². The van der Waals surface area contributed by atoms with E-state index in [0.717, 1.165) is 28.6 Å². The van der Waals surface area contributed by atoms with Crippen LogP contribution in [0, 0.1) is 12.7 Å². The number of anilines is 1. The molecular formula is C26H25F6N5O2S. The first-order chi connectivity index (χ1) is 18.9. The highest BCUT2D eigenvalue weighted by molar-refractivity contribution is 7.05. The molecule has 1 atom stereocenters. The van der Waals surface area contributed by atoms with Crippen molar-refractivity contribution in [3.63, 3.8) is 0 Å². The molecule has 2 fully saturated rings. The van der Waals surface area contributed by atoms with Crippen molar-refractivity contribution in [3.05, 3.63) is 70.2 Å².